The molecule has 0 saturated carbocycles. The van der Waals surface area contributed by atoms with Crippen LogP contribution in [0.25, 0.3) is 0 Å². The molecule has 0 aromatic carbocycles. The van der Waals surface area contributed by atoms with E-state index in [0.29, 0.717) is 6.04 Å². The second-order valence-electron chi connectivity index (χ2n) is 4.10. The van der Waals surface area contributed by atoms with Crippen LogP contribution in [0, 0.1) is 0 Å². The highest BCUT2D eigenvalue weighted by Crippen LogP contribution is 2.36. The Hall–Kier alpha value is -0.170. The van der Waals surface area contributed by atoms with Crippen molar-refractivity contribution in [3.05, 3.63) is 37.2 Å². The number of aryl methyl sites for hydroxylation is 2. The minimum atomic E-state index is 0.382. The van der Waals surface area contributed by atoms with E-state index in [-0.39, 0.29) is 0 Å². The zero-order valence-electron chi connectivity index (χ0n) is 10.3. The first-order valence-corrected chi connectivity index (χ1v) is 8.11. The minimum Gasteiger partial charge on any atom is -0.312 e. The molecule has 1 atom stereocenters. The van der Waals surface area contributed by atoms with Gasteiger partial charge >= 0.3 is 0 Å². The number of rotatable bonds is 5. The number of hydrogen-bond acceptors (Lipinski definition) is 3. The smallest absolute Gasteiger partial charge is 0.0843 e. The topological polar surface area (TPSA) is 29.9 Å². The summed E-state index contributed by atoms with van der Waals surface area (Å²) < 4.78 is 4.22. The van der Waals surface area contributed by atoms with Gasteiger partial charge in [0, 0.05) is 34.3 Å². The molecule has 18 heavy (non-hydrogen) atoms. The van der Waals surface area contributed by atoms with E-state index in [2.05, 4.69) is 54.4 Å². The molecule has 0 bridgehead atoms. The molecule has 0 aliphatic heterocycles. The Morgan fingerprint density at radius 1 is 1.50 bits per heavy atom. The summed E-state index contributed by atoms with van der Waals surface area (Å²) in [7, 11) is 4.00. The number of halogens is 2. The molecule has 0 spiro atoms. The van der Waals surface area contributed by atoms with Crippen LogP contribution in [0.1, 0.15) is 23.0 Å². The molecule has 3 nitrogen and oxygen atoms in total. The van der Waals surface area contributed by atoms with Crippen LogP contribution >= 0.6 is 43.2 Å². The van der Waals surface area contributed by atoms with E-state index in [1.807, 2.05) is 25.0 Å². The maximum Gasteiger partial charge on any atom is 0.0843 e. The molecule has 1 unspecified atom stereocenters. The molecule has 1 N–H and O–H groups in total. The van der Waals surface area contributed by atoms with E-state index in [1.165, 1.54) is 10.6 Å². The van der Waals surface area contributed by atoms with Gasteiger partial charge in [-0.25, -0.2) is 0 Å². The summed E-state index contributed by atoms with van der Waals surface area (Å²) in [5.41, 5.74) is 1.27. The lowest BCUT2D eigenvalue weighted by Crippen LogP contribution is -2.16. The second-order valence-corrected chi connectivity index (χ2v) is 7.35. The van der Waals surface area contributed by atoms with E-state index in [1.54, 1.807) is 11.3 Å². The van der Waals surface area contributed by atoms with Crippen molar-refractivity contribution >= 4 is 43.2 Å². The zero-order valence-corrected chi connectivity index (χ0v) is 14.3. The molecule has 2 heterocycles. The van der Waals surface area contributed by atoms with Crippen LogP contribution in [0.3, 0.4) is 0 Å². The van der Waals surface area contributed by atoms with Crippen LogP contribution in [0.5, 0.6) is 0 Å². The Labute approximate surface area is 128 Å². The highest BCUT2D eigenvalue weighted by molar-refractivity contribution is 9.13. The van der Waals surface area contributed by atoms with Crippen LogP contribution in [0.2, 0.25) is 0 Å². The highest BCUT2D eigenvalue weighted by atomic mass is 79.9. The van der Waals surface area contributed by atoms with Gasteiger partial charge in [-0.3, -0.25) is 4.68 Å². The van der Waals surface area contributed by atoms with E-state index < -0.39 is 0 Å². The fourth-order valence-electron chi connectivity index (χ4n) is 1.90. The van der Waals surface area contributed by atoms with Crippen molar-refractivity contribution in [2.24, 2.45) is 7.05 Å². The molecule has 0 saturated heterocycles. The van der Waals surface area contributed by atoms with Crippen LogP contribution in [0.4, 0.5) is 0 Å². The van der Waals surface area contributed by atoms with Crippen molar-refractivity contribution < 1.29 is 0 Å². The molecular weight excluding hydrogens is 378 g/mol. The SMILES string of the molecule is CNC(CCc1ccnn1C)c1cc(Br)c(Br)s1. The van der Waals surface area contributed by atoms with Gasteiger partial charge in [0.2, 0.25) is 0 Å². The maximum atomic E-state index is 4.20. The molecule has 0 aliphatic rings. The monoisotopic (exact) mass is 391 g/mol. The molecule has 0 aliphatic carbocycles. The number of aromatic nitrogens is 2. The average molecular weight is 393 g/mol. The maximum absolute atomic E-state index is 4.20. The first-order chi connectivity index (χ1) is 8.61. The van der Waals surface area contributed by atoms with Gasteiger partial charge < -0.3 is 5.32 Å². The van der Waals surface area contributed by atoms with Gasteiger partial charge in [0.05, 0.1) is 3.79 Å². The van der Waals surface area contributed by atoms with Crippen LogP contribution < -0.4 is 5.32 Å². The van der Waals surface area contributed by atoms with E-state index in [9.17, 15) is 0 Å². The summed E-state index contributed by atoms with van der Waals surface area (Å²) in [6, 6.07) is 4.64. The summed E-state index contributed by atoms with van der Waals surface area (Å²) >= 11 is 8.85. The predicted octanol–water partition coefficient (Wildman–Crippen LogP) is 3.90. The van der Waals surface area contributed by atoms with Gasteiger partial charge in [-0.1, -0.05) is 0 Å². The van der Waals surface area contributed by atoms with Gasteiger partial charge in [0.25, 0.3) is 0 Å². The third-order valence-corrected chi connectivity index (χ3v) is 6.34. The standard InChI is InChI=1S/C12H15Br2N3S/c1-15-10(11-7-9(13)12(14)18-11)4-3-8-5-6-16-17(8)2/h5-7,10,15H,3-4H2,1-2H3. The first kappa shape index (κ1) is 14.2. The van der Waals surface area contributed by atoms with Crippen molar-refractivity contribution in [1.29, 1.82) is 0 Å². The quantitative estimate of drug-likeness (QED) is 0.836. The summed E-state index contributed by atoms with van der Waals surface area (Å²) in [5.74, 6) is 0. The highest BCUT2D eigenvalue weighted by Gasteiger charge is 2.14. The fraction of sp³-hybridized carbons (Fsp3) is 0.417. The Morgan fingerprint density at radius 3 is 2.78 bits per heavy atom. The van der Waals surface area contributed by atoms with Crippen molar-refractivity contribution in [3.8, 4) is 0 Å². The lowest BCUT2D eigenvalue weighted by molar-refractivity contribution is 0.543. The predicted molar refractivity (Wildman–Crippen MR) is 83.0 cm³/mol. The normalized spacial score (nSPS) is 12.9. The summed E-state index contributed by atoms with van der Waals surface area (Å²) in [6.07, 6.45) is 3.94. The average Bonchev–Trinajstić information content (AvgIpc) is 2.88. The molecule has 98 valence electrons. The van der Waals surface area contributed by atoms with Gasteiger partial charge in [-0.15, -0.1) is 11.3 Å². The molecule has 6 heteroatoms. The van der Waals surface area contributed by atoms with E-state index in [0.717, 1.165) is 21.1 Å². The van der Waals surface area contributed by atoms with Gasteiger partial charge in [-0.05, 0) is 63.9 Å². The van der Waals surface area contributed by atoms with Crippen LogP contribution in [0.15, 0.2) is 26.6 Å². The Kier molecular flexibility index (Phi) is 5.00. The Morgan fingerprint density at radius 2 is 2.28 bits per heavy atom. The van der Waals surface area contributed by atoms with Crippen LogP contribution in [-0.2, 0) is 13.5 Å². The van der Waals surface area contributed by atoms with Crippen LogP contribution in [-0.4, -0.2) is 16.8 Å². The Bertz CT molecular complexity index is 502. The first-order valence-electron chi connectivity index (χ1n) is 5.70. The summed E-state index contributed by atoms with van der Waals surface area (Å²) in [4.78, 5) is 1.35. The van der Waals surface area contributed by atoms with Crippen molar-refractivity contribution in [3.63, 3.8) is 0 Å². The largest absolute Gasteiger partial charge is 0.312 e. The van der Waals surface area contributed by atoms with Gasteiger partial charge in [0.15, 0.2) is 0 Å². The Balaban J connectivity index is 2.04. The third-order valence-electron chi connectivity index (χ3n) is 2.97. The minimum absolute atomic E-state index is 0.382. The summed E-state index contributed by atoms with van der Waals surface area (Å²) in [5, 5.41) is 7.58. The number of nitrogens with zero attached hydrogens (tertiary/aromatic N) is 2. The summed E-state index contributed by atoms with van der Waals surface area (Å²) in [6.45, 7) is 0. The lowest BCUT2D eigenvalue weighted by atomic mass is 10.1. The second kappa shape index (κ2) is 6.32. The molecule has 2 aromatic heterocycles. The molecule has 0 radical (unpaired) electrons. The van der Waals surface area contributed by atoms with E-state index >= 15 is 0 Å². The third kappa shape index (κ3) is 3.23. The van der Waals surface area contributed by atoms with Gasteiger partial charge in [0.1, 0.15) is 0 Å². The van der Waals surface area contributed by atoms with E-state index in [4.69, 9.17) is 0 Å². The molecular formula is C12H15Br2N3S. The fourth-order valence-corrected chi connectivity index (χ4v) is 4.14. The van der Waals surface area contributed by atoms with Crippen molar-refractivity contribution in [2.75, 3.05) is 7.05 Å². The zero-order chi connectivity index (χ0) is 13.1. The van der Waals surface area contributed by atoms with Gasteiger partial charge in [-0.2, -0.15) is 5.10 Å². The number of thiophene rings is 1. The number of nitrogens with one attached hydrogen (secondary N) is 1. The lowest BCUT2D eigenvalue weighted by Gasteiger charge is -2.14. The molecule has 2 rings (SSSR count). The molecule has 2 aromatic rings. The van der Waals surface area contributed by atoms with Crippen molar-refractivity contribution in [1.82, 2.24) is 15.1 Å². The number of hydrogen-bond donors (Lipinski definition) is 1. The molecule has 0 fully saturated rings. The molecule has 0 amide bonds. The van der Waals surface area contributed by atoms with Crippen molar-refractivity contribution in [2.45, 2.75) is 18.9 Å².